The first kappa shape index (κ1) is 26.7. The minimum absolute atomic E-state index is 0.0939. The van der Waals surface area contributed by atoms with Gasteiger partial charge in [0.15, 0.2) is 0 Å². The zero-order valence-electron chi connectivity index (χ0n) is 21.7. The number of carbonyl (C=O) groups is 2. The molecule has 2 fully saturated rings. The molecule has 0 aromatic heterocycles. The molecule has 0 unspecified atom stereocenters. The Hall–Kier alpha value is -3.36. The molecule has 0 saturated carbocycles. The van der Waals surface area contributed by atoms with Crippen molar-refractivity contribution in [3.63, 3.8) is 0 Å². The second-order valence-corrected chi connectivity index (χ2v) is 9.24. The molecule has 2 heterocycles. The van der Waals surface area contributed by atoms with Crippen molar-refractivity contribution in [2.75, 3.05) is 52.6 Å². The average Bonchev–Trinajstić information content (AvgIpc) is 3.19. The molecule has 0 spiro atoms. The highest BCUT2D eigenvalue weighted by Gasteiger charge is 2.46. The van der Waals surface area contributed by atoms with Gasteiger partial charge in [0, 0.05) is 31.7 Å². The lowest BCUT2D eigenvalue weighted by Gasteiger charge is -2.31. The molecule has 37 heavy (non-hydrogen) atoms. The zero-order valence-corrected chi connectivity index (χ0v) is 21.7. The van der Waals surface area contributed by atoms with Crippen LogP contribution in [-0.2, 0) is 14.3 Å². The number of rotatable bonds is 11. The standard InChI is InChI=1S/C29H36N2O6/c1-3-17-36-23-9-5-21(6-10-23)26-25(27(32)22-7-11-24(12-8-22)37-18-4-2)28(33)29(34)31(26)14-13-30-15-19-35-20-16-30/h5-12,26,32H,3-4,13-20H2,1-2H3/t26-/m1/s1. The minimum atomic E-state index is -0.697. The van der Waals surface area contributed by atoms with E-state index in [0.29, 0.717) is 50.8 Å². The van der Waals surface area contributed by atoms with Crippen LogP contribution < -0.4 is 9.47 Å². The van der Waals surface area contributed by atoms with Gasteiger partial charge in [-0.15, -0.1) is 0 Å². The fourth-order valence-electron chi connectivity index (χ4n) is 4.58. The van der Waals surface area contributed by atoms with Crippen LogP contribution in [0, 0.1) is 0 Å². The summed E-state index contributed by atoms with van der Waals surface area (Å²) in [6, 6.07) is 13.6. The smallest absolute Gasteiger partial charge is 0.295 e. The van der Waals surface area contributed by atoms with Crippen LogP contribution in [0.1, 0.15) is 43.9 Å². The molecule has 8 heteroatoms. The number of nitrogens with zero attached hydrogens (tertiary/aromatic N) is 2. The Morgan fingerprint density at radius 3 is 2.03 bits per heavy atom. The third kappa shape index (κ3) is 6.32. The Labute approximate surface area is 218 Å². The van der Waals surface area contributed by atoms with Gasteiger partial charge in [-0.05, 0) is 54.8 Å². The maximum absolute atomic E-state index is 13.3. The lowest BCUT2D eigenvalue weighted by Crippen LogP contribution is -2.42. The number of benzene rings is 2. The van der Waals surface area contributed by atoms with Gasteiger partial charge >= 0.3 is 0 Å². The van der Waals surface area contributed by atoms with E-state index in [0.717, 1.165) is 37.2 Å². The third-order valence-electron chi connectivity index (χ3n) is 6.57. The number of amides is 1. The minimum Gasteiger partial charge on any atom is -0.507 e. The number of aliphatic hydroxyl groups excluding tert-OH is 1. The zero-order chi connectivity index (χ0) is 26.2. The predicted molar refractivity (Wildman–Crippen MR) is 141 cm³/mol. The Kier molecular flexibility index (Phi) is 9.19. The number of hydrogen-bond donors (Lipinski definition) is 1. The van der Waals surface area contributed by atoms with Crippen molar-refractivity contribution in [3.8, 4) is 11.5 Å². The maximum Gasteiger partial charge on any atom is 0.295 e. The SMILES string of the molecule is CCCOc1ccc(C(O)=C2C(=O)C(=O)N(CCN3CCOCC3)[C@@H]2c2ccc(OCCC)cc2)cc1. The van der Waals surface area contributed by atoms with Crippen LogP contribution in [0.3, 0.4) is 0 Å². The normalized spacial score (nSPS) is 19.8. The van der Waals surface area contributed by atoms with Gasteiger partial charge in [-0.2, -0.15) is 0 Å². The number of ketones is 1. The summed E-state index contributed by atoms with van der Waals surface area (Å²) in [6.07, 6.45) is 1.78. The van der Waals surface area contributed by atoms with Gasteiger partial charge < -0.3 is 24.2 Å². The van der Waals surface area contributed by atoms with Crippen molar-refractivity contribution in [3.05, 3.63) is 65.2 Å². The molecular formula is C29H36N2O6. The van der Waals surface area contributed by atoms with Crippen molar-refractivity contribution < 1.29 is 28.9 Å². The van der Waals surface area contributed by atoms with Crippen LogP contribution >= 0.6 is 0 Å². The van der Waals surface area contributed by atoms with E-state index in [1.165, 1.54) is 0 Å². The number of ether oxygens (including phenoxy) is 3. The molecule has 2 aliphatic rings. The van der Waals surface area contributed by atoms with E-state index < -0.39 is 17.7 Å². The quantitative estimate of drug-likeness (QED) is 0.279. The van der Waals surface area contributed by atoms with Crippen LogP contribution in [0.25, 0.3) is 5.76 Å². The molecule has 8 nitrogen and oxygen atoms in total. The first-order valence-corrected chi connectivity index (χ1v) is 13.1. The number of aliphatic hydroxyl groups is 1. The van der Waals surface area contributed by atoms with Gasteiger partial charge in [-0.3, -0.25) is 14.5 Å². The summed E-state index contributed by atoms with van der Waals surface area (Å²) in [5.41, 5.74) is 1.30. The molecule has 198 valence electrons. The molecule has 2 aliphatic heterocycles. The molecule has 0 radical (unpaired) electrons. The fourth-order valence-corrected chi connectivity index (χ4v) is 4.58. The molecular weight excluding hydrogens is 472 g/mol. The predicted octanol–water partition coefficient (Wildman–Crippen LogP) is 4.02. The Bertz CT molecular complexity index is 1090. The second-order valence-electron chi connectivity index (χ2n) is 9.24. The average molecular weight is 509 g/mol. The fraction of sp³-hybridized carbons (Fsp3) is 0.448. The van der Waals surface area contributed by atoms with Crippen LogP contribution in [0.5, 0.6) is 11.5 Å². The van der Waals surface area contributed by atoms with Crippen LogP contribution in [0.4, 0.5) is 0 Å². The number of hydrogen-bond acceptors (Lipinski definition) is 7. The van der Waals surface area contributed by atoms with Crippen molar-refractivity contribution in [1.29, 1.82) is 0 Å². The Balaban J connectivity index is 1.67. The van der Waals surface area contributed by atoms with E-state index in [1.54, 1.807) is 29.2 Å². The molecule has 0 bridgehead atoms. The van der Waals surface area contributed by atoms with Crippen LogP contribution in [0.15, 0.2) is 54.1 Å². The molecule has 2 aromatic carbocycles. The number of likely N-dealkylation sites (tertiary alicyclic amines) is 1. The van der Waals surface area contributed by atoms with E-state index in [1.807, 2.05) is 38.1 Å². The summed E-state index contributed by atoms with van der Waals surface area (Å²) in [7, 11) is 0. The summed E-state index contributed by atoms with van der Waals surface area (Å²) in [5.74, 6) is -0.0659. The Morgan fingerprint density at radius 2 is 1.46 bits per heavy atom. The van der Waals surface area contributed by atoms with Crippen LogP contribution in [0.2, 0.25) is 0 Å². The second kappa shape index (κ2) is 12.7. The number of carbonyl (C=O) groups excluding carboxylic acids is 2. The lowest BCUT2D eigenvalue weighted by atomic mass is 9.95. The molecule has 2 saturated heterocycles. The summed E-state index contributed by atoms with van der Waals surface area (Å²) in [5, 5.41) is 11.3. The van der Waals surface area contributed by atoms with Gasteiger partial charge in [-0.25, -0.2) is 0 Å². The van der Waals surface area contributed by atoms with E-state index in [4.69, 9.17) is 14.2 Å². The largest absolute Gasteiger partial charge is 0.507 e. The van der Waals surface area contributed by atoms with E-state index in [2.05, 4.69) is 4.90 Å². The highest BCUT2D eigenvalue weighted by molar-refractivity contribution is 6.46. The summed E-state index contributed by atoms with van der Waals surface area (Å²) in [6.45, 7) is 9.12. The van der Waals surface area contributed by atoms with Gasteiger partial charge in [0.05, 0.1) is 38.0 Å². The summed E-state index contributed by atoms with van der Waals surface area (Å²) >= 11 is 0. The van der Waals surface area contributed by atoms with Crippen LogP contribution in [-0.4, -0.2) is 79.2 Å². The van der Waals surface area contributed by atoms with Crippen molar-refractivity contribution in [1.82, 2.24) is 9.80 Å². The number of morpholine rings is 1. The topological polar surface area (TPSA) is 88.5 Å². The molecule has 1 N–H and O–H groups in total. The molecule has 0 aliphatic carbocycles. The van der Waals surface area contributed by atoms with Crippen molar-refractivity contribution >= 4 is 17.4 Å². The van der Waals surface area contributed by atoms with Gasteiger partial charge in [0.2, 0.25) is 0 Å². The molecule has 2 aromatic rings. The maximum atomic E-state index is 13.3. The van der Waals surface area contributed by atoms with Gasteiger partial charge in [-0.1, -0.05) is 26.0 Å². The first-order chi connectivity index (χ1) is 18.0. The first-order valence-electron chi connectivity index (χ1n) is 13.1. The number of Topliss-reactive ketones (excluding diaryl/α,β-unsaturated/α-hetero) is 1. The summed E-state index contributed by atoms with van der Waals surface area (Å²) < 4.78 is 16.8. The molecule has 1 atom stereocenters. The van der Waals surface area contributed by atoms with Crippen molar-refractivity contribution in [2.24, 2.45) is 0 Å². The van der Waals surface area contributed by atoms with E-state index in [9.17, 15) is 14.7 Å². The molecule has 4 rings (SSSR count). The van der Waals surface area contributed by atoms with Gasteiger partial charge in [0.25, 0.3) is 11.7 Å². The van der Waals surface area contributed by atoms with E-state index >= 15 is 0 Å². The highest BCUT2D eigenvalue weighted by Crippen LogP contribution is 2.40. The van der Waals surface area contributed by atoms with E-state index in [-0.39, 0.29) is 11.3 Å². The monoisotopic (exact) mass is 508 g/mol. The third-order valence-corrected chi connectivity index (χ3v) is 6.57. The van der Waals surface area contributed by atoms with Crippen molar-refractivity contribution in [2.45, 2.75) is 32.7 Å². The Morgan fingerprint density at radius 1 is 0.892 bits per heavy atom. The van der Waals surface area contributed by atoms with Gasteiger partial charge in [0.1, 0.15) is 17.3 Å². The highest BCUT2D eigenvalue weighted by atomic mass is 16.5. The summed E-state index contributed by atoms with van der Waals surface area (Å²) in [4.78, 5) is 30.3. The molecule has 1 amide bonds. The lowest BCUT2D eigenvalue weighted by molar-refractivity contribution is -0.140.